The van der Waals surface area contributed by atoms with Crippen LogP contribution < -0.4 is 0 Å². The highest BCUT2D eigenvalue weighted by molar-refractivity contribution is 5.90. The first-order valence-corrected chi connectivity index (χ1v) is 8.47. The first-order chi connectivity index (χ1) is 12.8. The summed E-state index contributed by atoms with van der Waals surface area (Å²) >= 11 is 0. The number of carbonyl (C=O) groups is 3. The predicted octanol–water partition coefficient (Wildman–Crippen LogP) is 1.79. The fourth-order valence-electron chi connectivity index (χ4n) is 3.68. The van der Waals surface area contributed by atoms with Crippen molar-refractivity contribution < 1.29 is 34.1 Å². The molecule has 1 saturated heterocycles. The Balaban J connectivity index is 2.01. The van der Waals surface area contributed by atoms with Crippen molar-refractivity contribution in [2.75, 3.05) is 13.1 Å². The summed E-state index contributed by atoms with van der Waals surface area (Å²) in [7, 11) is 0. The normalized spacial score (nSPS) is 17.1. The van der Waals surface area contributed by atoms with Crippen LogP contribution in [0.3, 0.4) is 0 Å². The van der Waals surface area contributed by atoms with E-state index in [0.717, 1.165) is 0 Å². The largest absolute Gasteiger partial charge is 0.481 e. The van der Waals surface area contributed by atoms with E-state index in [2.05, 4.69) is 0 Å². The molecule has 2 aromatic rings. The van der Waals surface area contributed by atoms with Gasteiger partial charge in [0.15, 0.2) is 0 Å². The lowest BCUT2D eigenvalue weighted by Gasteiger charge is -2.34. The number of aromatic nitrogens is 1. The molecule has 0 saturated carbocycles. The second kappa shape index (κ2) is 7.36. The molecule has 3 N–H and O–H groups in total. The van der Waals surface area contributed by atoms with E-state index in [-0.39, 0.29) is 0 Å². The van der Waals surface area contributed by atoms with Gasteiger partial charge in [0.25, 0.3) is 0 Å². The number of carboxylic acids is 3. The lowest BCUT2D eigenvalue weighted by atomic mass is 9.94. The summed E-state index contributed by atoms with van der Waals surface area (Å²) in [5, 5.41) is 28.5. The van der Waals surface area contributed by atoms with E-state index in [9.17, 15) is 23.9 Å². The van der Waals surface area contributed by atoms with Crippen molar-refractivity contribution in [2.24, 2.45) is 5.92 Å². The second-order valence-corrected chi connectivity index (χ2v) is 6.66. The summed E-state index contributed by atoms with van der Waals surface area (Å²) in [5.41, 5.74) is 0.673. The Bertz CT molecular complexity index is 901. The molecular formula is C18H19FN2O6. The van der Waals surface area contributed by atoms with E-state index in [0.29, 0.717) is 42.4 Å². The quantitative estimate of drug-likeness (QED) is 0.701. The van der Waals surface area contributed by atoms with Crippen LogP contribution in [0, 0.1) is 11.7 Å². The van der Waals surface area contributed by atoms with Gasteiger partial charge in [-0.05, 0) is 31.0 Å². The maximum absolute atomic E-state index is 13.7. The van der Waals surface area contributed by atoms with Crippen molar-refractivity contribution in [1.82, 2.24) is 9.47 Å². The molecule has 9 heteroatoms. The summed E-state index contributed by atoms with van der Waals surface area (Å²) in [4.78, 5) is 35.9. The molecular weight excluding hydrogens is 359 g/mol. The topological polar surface area (TPSA) is 120 Å². The highest BCUT2D eigenvalue weighted by atomic mass is 19.1. The summed E-state index contributed by atoms with van der Waals surface area (Å²) in [5.74, 6) is -4.19. The van der Waals surface area contributed by atoms with E-state index in [1.54, 1.807) is 4.90 Å². The maximum atomic E-state index is 13.7. The third-order valence-electron chi connectivity index (χ3n) is 4.95. The van der Waals surface area contributed by atoms with Gasteiger partial charge in [-0.25, -0.2) is 4.39 Å². The molecule has 1 aliphatic rings. The van der Waals surface area contributed by atoms with Gasteiger partial charge in [0.1, 0.15) is 18.4 Å². The number of piperidine rings is 1. The first-order valence-electron chi connectivity index (χ1n) is 8.47. The molecule has 0 radical (unpaired) electrons. The summed E-state index contributed by atoms with van der Waals surface area (Å²) in [6.07, 6.45) is 2.10. The molecule has 8 nitrogen and oxygen atoms in total. The molecule has 144 valence electrons. The zero-order valence-electron chi connectivity index (χ0n) is 14.3. The molecule has 0 amide bonds. The van der Waals surface area contributed by atoms with E-state index >= 15 is 0 Å². The summed E-state index contributed by atoms with van der Waals surface area (Å²) in [6, 6.07) is 2.75. The predicted molar refractivity (Wildman–Crippen MR) is 91.8 cm³/mol. The monoisotopic (exact) mass is 378 g/mol. The van der Waals surface area contributed by atoms with Crippen LogP contribution in [0.4, 0.5) is 4.39 Å². The number of likely N-dealkylation sites (tertiary alicyclic amines) is 1. The number of aliphatic carboxylic acids is 3. The van der Waals surface area contributed by atoms with Crippen molar-refractivity contribution in [1.29, 1.82) is 0 Å². The maximum Gasteiger partial charge on any atom is 0.325 e. The van der Waals surface area contributed by atoms with Crippen LogP contribution in [-0.4, -0.2) is 55.8 Å². The third-order valence-corrected chi connectivity index (χ3v) is 4.95. The molecule has 1 fully saturated rings. The molecule has 2 heterocycles. The number of hydrogen-bond donors (Lipinski definition) is 3. The molecule has 0 unspecified atom stereocenters. The van der Waals surface area contributed by atoms with Crippen molar-refractivity contribution >= 4 is 28.8 Å². The zero-order chi connectivity index (χ0) is 19.7. The van der Waals surface area contributed by atoms with E-state index in [1.165, 1.54) is 29.0 Å². The molecule has 0 spiro atoms. The summed E-state index contributed by atoms with van der Waals surface area (Å²) in [6.45, 7) is 0.162. The Morgan fingerprint density at radius 1 is 1.15 bits per heavy atom. The molecule has 0 bridgehead atoms. The number of rotatable bonds is 6. The average molecular weight is 378 g/mol. The number of hydrogen-bond acceptors (Lipinski definition) is 4. The Hall–Kier alpha value is -2.94. The highest BCUT2D eigenvalue weighted by Crippen LogP contribution is 2.33. The highest BCUT2D eigenvalue weighted by Gasteiger charge is 2.34. The van der Waals surface area contributed by atoms with E-state index in [1.807, 2.05) is 0 Å². The van der Waals surface area contributed by atoms with Crippen LogP contribution in [0.2, 0.25) is 0 Å². The standard InChI is InChI=1S/C18H19FN2O6/c19-11-1-2-12-13(8-21(9-15(22)23)14(12)7-11)16(18(26)27)20-5-3-10(4-6-20)17(24)25/h1-2,7-8,10,16H,3-6,9H2,(H,22,23)(H,24,25)(H,26,27)/t16-/m0/s1. The molecule has 1 atom stereocenters. The number of halogens is 1. The number of benzene rings is 1. The lowest BCUT2D eigenvalue weighted by molar-refractivity contribution is -0.146. The van der Waals surface area contributed by atoms with E-state index in [4.69, 9.17) is 10.2 Å². The van der Waals surface area contributed by atoms with Crippen LogP contribution >= 0.6 is 0 Å². The number of fused-ring (bicyclic) bond motifs is 1. The number of nitrogens with zero attached hydrogens (tertiary/aromatic N) is 2. The molecule has 0 aliphatic carbocycles. The van der Waals surface area contributed by atoms with Gasteiger partial charge in [0.05, 0.1) is 11.4 Å². The Morgan fingerprint density at radius 3 is 2.37 bits per heavy atom. The van der Waals surface area contributed by atoms with Gasteiger partial charge in [-0.3, -0.25) is 19.3 Å². The van der Waals surface area contributed by atoms with Crippen LogP contribution in [0.15, 0.2) is 24.4 Å². The molecule has 27 heavy (non-hydrogen) atoms. The van der Waals surface area contributed by atoms with Gasteiger partial charge < -0.3 is 19.9 Å². The van der Waals surface area contributed by atoms with Gasteiger partial charge in [-0.15, -0.1) is 0 Å². The zero-order valence-corrected chi connectivity index (χ0v) is 14.3. The van der Waals surface area contributed by atoms with Gasteiger partial charge in [-0.1, -0.05) is 0 Å². The van der Waals surface area contributed by atoms with Crippen molar-refractivity contribution in [3.8, 4) is 0 Å². The Kier molecular flexibility index (Phi) is 5.13. The second-order valence-electron chi connectivity index (χ2n) is 6.66. The molecule has 1 aromatic heterocycles. The smallest absolute Gasteiger partial charge is 0.325 e. The fraction of sp³-hybridized carbons (Fsp3) is 0.389. The van der Waals surface area contributed by atoms with Crippen molar-refractivity contribution in [3.05, 3.63) is 35.8 Å². The average Bonchev–Trinajstić information content (AvgIpc) is 2.92. The van der Waals surface area contributed by atoms with E-state index < -0.39 is 42.2 Å². The summed E-state index contributed by atoms with van der Waals surface area (Å²) < 4.78 is 15.0. The molecule has 3 rings (SSSR count). The Morgan fingerprint density at radius 2 is 1.81 bits per heavy atom. The fourth-order valence-corrected chi connectivity index (χ4v) is 3.68. The third kappa shape index (κ3) is 3.77. The van der Waals surface area contributed by atoms with Gasteiger partial charge in [0.2, 0.25) is 0 Å². The molecule has 1 aromatic carbocycles. The van der Waals surface area contributed by atoms with Gasteiger partial charge in [-0.2, -0.15) is 0 Å². The minimum absolute atomic E-state index is 0.292. The van der Waals surface area contributed by atoms with Crippen LogP contribution in [-0.2, 0) is 20.9 Å². The lowest BCUT2D eigenvalue weighted by Crippen LogP contribution is -2.41. The van der Waals surface area contributed by atoms with Crippen LogP contribution in [0.1, 0.15) is 24.4 Å². The number of carboxylic acid groups (broad SMARTS) is 3. The van der Waals surface area contributed by atoms with Gasteiger partial charge in [0, 0.05) is 30.2 Å². The first kappa shape index (κ1) is 18.8. The van der Waals surface area contributed by atoms with Crippen molar-refractivity contribution in [3.63, 3.8) is 0 Å². The van der Waals surface area contributed by atoms with Crippen LogP contribution in [0.5, 0.6) is 0 Å². The molecule has 1 aliphatic heterocycles. The van der Waals surface area contributed by atoms with Crippen LogP contribution in [0.25, 0.3) is 10.9 Å². The van der Waals surface area contributed by atoms with Crippen molar-refractivity contribution in [2.45, 2.75) is 25.4 Å². The minimum Gasteiger partial charge on any atom is -0.481 e. The Labute approximate surface area is 153 Å². The van der Waals surface area contributed by atoms with Gasteiger partial charge >= 0.3 is 17.9 Å². The minimum atomic E-state index is -1.13. The SMILES string of the molecule is O=C(O)Cn1cc([C@@H](C(=O)O)N2CCC(C(=O)O)CC2)c2ccc(F)cc21.